The second kappa shape index (κ2) is 6.25. The third-order valence-electron chi connectivity index (χ3n) is 4.38. The van der Waals surface area contributed by atoms with Crippen molar-refractivity contribution >= 4 is 32.2 Å². The molecule has 0 aliphatic rings. The van der Waals surface area contributed by atoms with Crippen molar-refractivity contribution in [2.45, 2.75) is 11.4 Å². The Labute approximate surface area is 152 Å². The Balaban J connectivity index is 1.57. The number of rotatable bonds is 5. The van der Waals surface area contributed by atoms with Crippen molar-refractivity contribution in [3.8, 4) is 0 Å². The molecule has 140 valence electrons. The van der Waals surface area contributed by atoms with Crippen molar-refractivity contribution in [2.24, 2.45) is 7.05 Å². The van der Waals surface area contributed by atoms with Crippen molar-refractivity contribution in [3.05, 3.63) is 63.5 Å². The van der Waals surface area contributed by atoms with Crippen LogP contribution in [0.4, 0.5) is 0 Å². The molecule has 4 rings (SSSR count). The van der Waals surface area contributed by atoms with Gasteiger partial charge in [-0.2, -0.15) is 0 Å². The van der Waals surface area contributed by atoms with Gasteiger partial charge in [-0.15, -0.1) is 0 Å². The first-order valence-corrected chi connectivity index (χ1v) is 9.62. The molecule has 0 saturated carbocycles. The zero-order valence-electron chi connectivity index (χ0n) is 14.3. The standard InChI is InChI=1S/C17H16N4O5S/c1-20-13-4-2-3-5-14(13)21(17(20)23)9-8-18-27(24,25)11-6-7-12-15(10-11)26-16(22)19-12/h2-7,10,18H,8-9H2,1H3,(H,19,22). The van der Waals surface area contributed by atoms with Gasteiger partial charge in [0, 0.05) is 26.2 Å². The summed E-state index contributed by atoms with van der Waals surface area (Å²) in [5, 5.41) is 0. The number of fused-ring (bicyclic) bond motifs is 2. The first kappa shape index (κ1) is 17.3. The molecule has 0 radical (unpaired) electrons. The number of hydrogen-bond acceptors (Lipinski definition) is 5. The number of nitrogens with one attached hydrogen (secondary N) is 2. The van der Waals surface area contributed by atoms with Gasteiger partial charge in [-0.3, -0.25) is 14.1 Å². The number of imidazole rings is 1. The van der Waals surface area contributed by atoms with Gasteiger partial charge in [0.2, 0.25) is 10.0 Å². The van der Waals surface area contributed by atoms with Gasteiger partial charge in [0.15, 0.2) is 5.58 Å². The van der Waals surface area contributed by atoms with Crippen LogP contribution >= 0.6 is 0 Å². The Morgan fingerprint density at radius 2 is 1.85 bits per heavy atom. The van der Waals surface area contributed by atoms with Crippen molar-refractivity contribution in [2.75, 3.05) is 6.54 Å². The number of aromatic amines is 1. The number of H-pyrrole nitrogens is 1. The highest BCUT2D eigenvalue weighted by atomic mass is 32.2. The fourth-order valence-electron chi connectivity index (χ4n) is 3.05. The Bertz CT molecular complexity index is 1370. The van der Waals surface area contributed by atoms with Crippen LogP contribution in [0.25, 0.3) is 22.1 Å². The van der Waals surface area contributed by atoms with Gasteiger partial charge in [-0.1, -0.05) is 12.1 Å². The second-order valence-electron chi connectivity index (χ2n) is 6.05. The summed E-state index contributed by atoms with van der Waals surface area (Å²) in [6, 6.07) is 11.4. The number of nitrogens with zero attached hydrogens (tertiary/aromatic N) is 2. The van der Waals surface area contributed by atoms with E-state index in [0.29, 0.717) is 5.52 Å². The van der Waals surface area contributed by atoms with Crippen LogP contribution < -0.4 is 16.2 Å². The van der Waals surface area contributed by atoms with Crippen LogP contribution in [0.3, 0.4) is 0 Å². The number of hydrogen-bond donors (Lipinski definition) is 2. The van der Waals surface area contributed by atoms with E-state index in [1.807, 2.05) is 24.3 Å². The molecular formula is C17H16N4O5S. The third-order valence-corrected chi connectivity index (χ3v) is 5.84. The highest BCUT2D eigenvalue weighted by molar-refractivity contribution is 7.89. The molecule has 0 aliphatic heterocycles. The molecule has 0 atom stereocenters. The van der Waals surface area contributed by atoms with Crippen LogP contribution in [0, 0.1) is 0 Å². The van der Waals surface area contributed by atoms with E-state index in [2.05, 4.69) is 9.71 Å². The first-order chi connectivity index (χ1) is 12.9. The number of aromatic nitrogens is 3. The fourth-order valence-corrected chi connectivity index (χ4v) is 4.08. The molecule has 0 saturated heterocycles. The summed E-state index contributed by atoms with van der Waals surface area (Å²) >= 11 is 0. The molecule has 0 aliphatic carbocycles. The van der Waals surface area contributed by atoms with Crippen LogP contribution in [0.5, 0.6) is 0 Å². The summed E-state index contributed by atoms with van der Waals surface area (Å²) in [7, 11) is -2.15. The Morgan fingerprint density at radius 3 is 2.63 bits per heavy atom. The van der Waals surface area contributed by atoms with E-state index in [0.717, 1.165) is 11.0 Å². The summed E-state index contributed by atoms with van der Waals surface area (Å²) in [5.74, 6) is -0.650. The van der Waals surface area contributed by atoms with E-state index < -0.39 is 15.8 Å². The Hall–Kier alpha value is -3.11. The predicted octanol–water partition coefficient (Wildman–Crippen LogP) is 0.753. The van der Waals surface area contributed by atoms with Crippen LogP contribution in [0.1, 0.15) is 0 Å². The zero-order valence-corrected chi connectivity index (χ0v) is 15.1. The SMILES string of the molecule is Cn1c(=O)n(CCNS(=O)(=O)c2ccc3[nH]c(=O)oc3c2)c2ccccc21. The molecule has 4 aromatic rings. The lowest BCUT2D eigenvalue weighted by Crippen LogP contribution is -2.31. The Kier molecular flexibility index (Phi) is 4.01. The molecule has 0 amide bonds. The molecule has 2 aromatic carbocycles. The van der Waals surface area contributed by atoms with Crippen LogP contribution in [-0.4, -0.2) is 29.1 Å². The lowest BCUT2D eigenvalue weighted by Gasteiger charge is -2.07. The predicted molar refractivity (Wildman–Crippen MR) is 99.2 cm³/mol. The monoisotopic (exact) mass is 388 g/mol. The molecule has 0 fully saturated rings. The Morgan fingerprint density at radius 1 is 1.11 bits per heavy atom. The highest BCUT2D eigenvalue weighted by Crippen LogP contribution is 2.16. The molecule has 10 heteroatoms. The minimum Gasteiger partial charge on any atom is -0.408 e. The van der Waals surface area contributed by atoms with E-state index in [-0.39, 0.29) is 29.3 Å². The lowest BCUT2D eigenvalue weighted by atomic mass is 10.3. The molecule has 2 heterocycles. The van der Waals surface area contributed by atoms with Crippen LogP contribution in [0.2, 0.25) is 0 Å². The number of aryl methyl sites for hydroxylation is 1. The van der Waals surface area contributed by atoms with Gasteiger partial charge in [-0.05, 0) is 24.3 Å². The molecule has 0 spiro atoms. The largest absolute Gasteiger partial charge is 0.417 e. The maximum Gasteiger partial charge on any atom is 0.417 e. The average molecular weight is 388 g/mol. The van der Waals surface area contributed by atoms with Crippen molar-refractivity contribution in [1.29, 1.82) is 0 Å². The van der Waals surface area contributed by atoms with E-state index in [4.69, 9.17) is 4.42 Å². The number of para-hydroxylation sites is 2. The normalized spacial score (nSPS) is 12.2. The maximum atomic E-state index is 12.5. The van der Waals surface area contributed by atoms with Crippen LogP contribution in [0.15, 0.2) is 61.4 Å². The summed E-state index contributed by atoms with van der Waals surface area (Å²) in [6.45, 7) is 0.215. The van der Waals surface area contributed by atoms with Crippen LogP contribution in [-0.2, 0) is 23.6 Å². The number of sulfonamides is 1. The van der Waals surface area contributed by atoms with Gasteiger partial charge in [0.25, 0.3) is 0 Å². The average Bonchev–Trinajstić information content (AvgIpc) is 3.13. The van der Waals surface area contributed by atoms with Gasteiger partial charge in [-0.25, -0.2) is 22.7 Å². The minimum absolute atomic E-state index is 0.0250. The summed E-state index contributed by atoms with van der Waals surface area (Å²) < 4.78 is 35.4. The summed E-state index contributed by atoms with van der Waals surface area (Å²) in [5.41, 5.74) is 1.87. The van der Waals surface area contributed by atoms with Gasteiger partial charge < -0.3 is 4.42 Å². The molecular weight excluding hydrogens is 372 g/mol. The van der Waals surface area contributed by atoms with E-state index in [1.54, 1.807) is 7.05 Å². The quantitative estimate of drug-likeness (QED) is 0.523. The fraction of sp³-hybridized carbons (Fsp3) is 0.176. The molecule has 2 aromatic heterocycles. The minimum atomic E-state index is -3.82. The van der Waals surface area contributed by atoms with E-state index in [1.165, 1.54) is 27.3 Å². The summed E-state index contributed by atoms with van der Waals surface area (Å²) in [4.78, 5) is 26.0. The van der Waals surface area contributed by atoms with Gasteiger partial charge in [0.1, 0.15) is 0 Å². The maximum absolute atomic E-state index is 12.5. The van der Waals surface area contributed by atoms with Crippen molar-refractivity contribution in [3.63, 3.8) is 0 Å². The van der Waals surface area contributed by atoms with Crippen molar-refractivity contribution < 1.29 is 12.8 Å². The molecule has 27 heavy (non-hydrogen) atoms. The van der Waals surface area contributed by atoms with Crippen molar-refractivity contribution in [1.82, 2.24) is 18.8 Å². The molecule has 9 nitrogen and oxygen atoms in total. The summed E-state index contributed by atoms with van der Waals surface area (Å²) in [6.07, 6.45) is 0. The third kappa shape index (κ3) is 2.98. The number of benzene rings is 2. The van der Waals surface area contributed by atoms with Gasteiger partial charge >= 0.3 is 11.4 Å². The molecule has 0 bridgehead atoms. The van der Waals surface area contributed by atoms with E-state index >= 15 is 0 Å². The van der Waals surface area contributed by atoms with Gasteiger partial charge in [0.05, 0.1) is 21.4 Å². The first-order valence-electron chi connectivity index (χ1n) is 8.13. The smallest absolute Gasteiger partial charge is 0.408 e. The zero-order chi connectivity index (χ0) is 19.2. The molecule has 2 N–H and O–H groups in total. The highest BCUT2D eigenvalue weighted by Gasteiger charge is 2.16. The topological polar surface area (TPSA) is 119 Å². The van der Waals surface area contributed by atoms with E-state index in [9.17, 15) is 18.0 Å². The lowest BCUT2D eigenvalue weighted by molar-refractivity contribution is 0.552. The number of oxazole rings is 1. The second-order valence-corrected chi connectivity index (χ2v) is 7.82. The molecule has 0 unspecified atom stereocenters.